The van der Waals surface area contributed by atoms with Crippen LogP contribution in [0.5, 0.6) is 0 Å². The molecule has 0 saturated carbocycles. The van der Waals surface area contributed by atoms with Crippen LogP contribution in [0.15, 0.2) is 6.07 Å². The van der Waals surface area contributed by atoms with Gasteiger partial charge in [0.2, 0.25) is 0 Å². The molecule has 1 N–H and O–H groups in total. The molecule has 1 saturated heterocycles. The van der Waals surface area contributed by atoms with Gasteiger partial charge in [-0.3, -0.25) is 0 Å². The van der Waals surface area contributed by atoms with Crippen molar-refractivity contribution in [3.05, 3.63) is 11.9 Å². The zero-order valence-corrected chi connectivity index (χ0v) is 13.6. The second-order valence-electron chi connectivity index (χ2n) is 5.47. The quantitative estimate of drug-likeness (QED) is 0.837. The Hall–Kier alpha value is -1.36. The maximum Gasteiger partial charge on any atom is 0.134 e. The van der Waals surface area contributed by atoms with Crippen LogP contribution in [0, 0.1) is 0 Å². The normalized spacial score (nSPS) is 18.8. The Morgan fingerprint density at radius 2 is 2.19 bits per heavy atom. The van der Waals surface area contributed by atoms with Crippen LogP contribution >= 0.6 is 0 Å². The van der Waals surface area contributed by atoms with Gasteiger partial charge in [0, 0.05) is 38.7 Å². The van der Waals surface area contributed by atoms with Crippen LogP contribution in [0.2, 0.25) is 0 Å². The number of aryl methyl sites for hydroxylation is 1. The fourth-order valence-electron chi connectivity index (χ4n) is 2.66. The number of anilines is 2. The van der Waals surface area contributed by atoms with Gasteiger partial charge in [-0.15, -0.1) is 0 Å². The largest absolute Gasteiger partial charge is 0.377 e. The van der Waals surface area contributed by atoms with Gasteiger partial charge in [-0.1, -0.05) is 13.8 Å². The van der Waals surface area contributed by atoms with Crippen LogP contribution in [0.1, 0.15) is 45.9 Å². The number of hydrogen-bond donors (Lipinski definition) is 1. The van der Waals surface area contributed by atoms with Gasteiger partial charge in [-0.2, -0.15) is 0 Å². The van der Waals surface area contributed by atoms with E-state index in [9.17, 15) is 0 Å². The average molecular weight is 292 g/mol. The predicted molar refractivity (Wildman–Crippen MR) is 87.1 cm³/mol. The molecule has 1 aliphatic rings. The van der Waals surface area contributed by atoms with Crippen LogP contribution in [0.3, 0.4) is 0 Å². The van der Waals surface area contributed by atoms with Crippen molar-refractivity contribution >= 4 is 11.6 Å². The first-order valence-corrected chi connectivity index (χ1v) is 8.25. The van der Waals surface area contributed by atoms with Gasteiger partial charge in [-0.25, -0.2) is 9.97 Å². The summed E-state index contributed by atoms with van der Waals surface area (Å²) in [6.45, 7) is 10.0. The molecule has 5 heteroatoms. The number of aromatic nitrogens is 2. The molecule has 5 nitrogen and oxygen atoms in total. The number of nitrogens with zero attached hydrogens (tertiary/aromatic N) is 3. The summed E-state index contributed by atoms with van der Waals surface area (Å²) < 4.78 is 5.79. The highest BCUT2D eigenvalue weighted by Crippen LogP contribution is 2.22. The molecule has 1 aromatic rings. The van der Waals surface area contributed by atoms with Gasteiger partial charge in [-0.05, 0) is 26.2 Å². The van der Waals surface area contributed by atoms with Crippen molar-refractivity contribution in [2.75, 3.05) is 36.5 Å². The van der Waals surface area contributed by atoms with Gasteiger partial charge >= 0.3 is 0 Å². The summed E-state index contributed by atoms with van der Waals surface area (Å²) in [5.74, 6) is 2.88. The highest BCUT2D eigenvalue weighted by Gasteiger charge is 2.21. The average Bonchev–Trinajstić information content (AvgIpc) is 2.53. The molecule has 0 bridgehead atoms. The minimum Gasteiger partial charge on any atom is -0.377 e. The molecular weight excluding hydrogens is 264 g/mol. The van der Waals surface area contributed by atoms with Crippen molar-refractivity contribution < 1.29 is 4.74 Å². The minimum absolute atomic E-state index is 0.329. The Bertz CT molecular complexity index is 436. The number of ether oxygens (including phenoxy) is 1. The first-order valence-electron chi connectivity index (χ1n) is 8.25. The smallest absolute Gasteiger partial charge is 0.134 e. The zero-order chi connectivity index (χ0) is 15.1. The highest BCUT2D eigenvalue weighted by molar-refractivity contribution is 5.50. The molecule has 118 valence electrons. The summed E-state index contributed by atoms with van der Waals surface area (Å²) in [5.41, 5.74) is 0. The van der Waals surface area contributed by atoms with E-state index in [0.29, 0.717) is 6.10 Å². The molecule has 0 radical (unpaired) electrons. The Labute approximate surface area is 128 Å². The molecule has 21 heavy (non-hydrogen) atoms. The standard InChI is InChI=1S/C16H28N4O/c1-4-9-17-15-11-16(19-14(5-2)18-15)20-10-7-8-13(12-20)21-6-3/h11,13H,4-10,12H2,1-3H3,(H,17,18,19). The lowest BCUT2D eigenvalue weighted by Crippen LogP contribution is -2.40. The Kier molecular flexibility index (Phi) is 6.23. The molecule has 2 heterocycles. The van der Waals surface area contributed by atoms with E-state index in [1.807, 2.05) is 0 Å². The molecule has 1 aliphatic heterocycles. The van der Waals surface area contributed by atoms with Crippen molar-refractivity contribution in [2.24, 2.45) is 0 Å². The van der Waals surface area contributed by atoms with E-state index in [1.54, 1.807) is 0 Å². The van der Waals surface area contributed by atoms with E-state index in [1.165, 1.54) is 0 Å². The summed E-state index contributed by atoms with van der Waals surface area (Å²) in [4.78, 5) is 11.6. The van der Waals surface area contributed by atoms with E-state index in [0.717, 1.165) is 69.4 Å². The predicted octanol–water partition coefficient (Wildman–Crippen LogP) is 2.87. The van der Waals surface area contributed by atoms with Gasteiger partial charge < -0.3 is 15.0 Å². The lowest BCUT2D eigenvalue weighted by molar-refractivity contribution is 0.0525. The van der Waals surface area contributed by atoms with Gasteiger partial charge in [0.05, 0.1) is 6.10 Å². The Balaban J connectivity index is 2.13. The monoisotopic (exact) mass is 292 g/mol. The van der Waals surface area contributed by atoms with Gasteiger partial charge in [0.15, 0.2) is 0 Å². The van der Waals surface area contributed by atoms with Crippen molar-refractivity contribution in [1.29, 1.82) is 0 Å². The summed E-state index contributed by atoms with van der Waals surface area (Å²) >= 11 is 0. The molecule has 0 aliphatic carbocycles. The summed E-state index contributed by atoms with van der Waals surface area (Å²) in [6, 6.07) is 2.07. The molecule has 1 aromatic heterocycles. The van der Waals surface area contributed by atoms with E-state index in [4.69, 9.17) is 9.72 Å². The van der Waals surface area contributed by atoms with E-state index >= 15 is 0 Å². The summed E-state index contributed by atoms with van der Waals surface area (Å²) in [6.07, 6.45) is 4.59. The van der Waals surface area contributed by atoms with Crippen LogP contribution in [-0.4, -0.2) is 42.3 Å². The fraction of sp³-hybridized carbons (Fsp3) is 0.750. The first-order chi connectivity index (χ1) is 10.3. The van der Waals surface area contributed by atoms with E-state index in [-0.39, 0.29) is 0 Å². The second-order valence-corrected chi connectivity index (χ2v) is 5.47. The SMILES string of the molecule is CCCNc1cc(N2CCCC(OCC)C2)nc(CC)n1. The molecule has 0 amide bonds. The molecule has 2 rings (SSSR count). The van der Waals surface area contributed by atoms with E-state index in [2.05, 4.69) is 42.0 Å². The van der Waals surface area contributed by atoms with Crippen LogP contribution in [0.4, 0.5) is 11.6 Å². The fourth-order valence-corrected chi connectivity index (χ4v) is 2.66. The summed E-state index contributed by atoms with van der Waals surface area (Å²) in [5, 5.41) is 3.38. The Morgan fingerprint density at radius 3 is 2.90 bits per heavy atom. The number of nitrogens with one attached hydrogen (secondary N) is 1. The van der Waals surface area contributed by atoms with E-state index < -0.39 is 0 Å². The third-order valence-electron chi connectivity index (χ3n) is 3.74. The second kappa shape index (κ2) is 8.17. The molecule has 0 spiro atoms. The van der Waals surface area contributed by atoms with Crippen LogP contribution in [-0.2, 0) is 11.2 Å². The number of rotatable bonds is 7. The summed E-state index contributed by atoms with van der Waals surface area (Å²) in [7, 11) is 0. The first kappa shape index (κ1) is 16.0. The third-order valence-corrected chi connectivity index (χ3v) is 3.74. The topological polar surface area (TPSA) is 50.3 Å². The lowest BCUT2D eigenvalue weighted by atomic mass is 10.1. The van der Waals surface area contributed by atoms with Crippen molar-refractivity contribution in [3.63, 3.8) is 0 Å². The van der Waals surface area contributed by atoms with Crippen LogP contribution in [0.25, 0.3) is 0 Å². The van der Waals surface area contributed by atoms with Crippen molar-refractivity contribution in [2.45, 2.75) is 52.6 Å². The molecular formula is C16H28N4O. The van der Waals surface area contributed by atoms with Crippen molar-refractivity contribution in [3.8, 4) is 0 Å². The third kappa shape index (κ3) is 4.56. The van der Waals surface area contributed by atoms with Crippen molar-refractivity contribution in [1.82, 2.24) is 9.97 Å². The molecule has 1 unspecified atom stereocenters. The number of hydrogen-bond acceptors (Lipinski definition) is 5. The highest BCUT2D eigenvalue weighted by atomic mass is 16.5. The lowest BCUT2D eigenvalue weighted by Gasteiger charge is -2.33. The maximum absolute atomic E-state index is 5.79. The van der Waals surface area contributed by atoms with Gasteiger partial charge in [0.25, 0.3) is 0 Å². The van der Waals surface area contributed by atoms with Crippen LogP contribution < -0.4 is 10.2 Å². The van der Waals surface area contributed by atoms with Gasteiger partial charge in [0.1, 0.15) is 17.5 Å². The molecule has 1 atom stereocenters. The zero-order valence-electron chi connectivity index (χ0n) is 13.6. The Morgan fingerprint density at radius 1 is 1.33 bits per heavy atom. The minimum atomic E-state index is 0.329. The number of piperidine rings is 1. The molecule has 1 fully saturated rings. The maximum atomic E-state index is 5.79. The molecule has 0 aromatic carbocycles.